The predicted molar refractivity (Wildman–Crippen MR) is 131 cm³/mol. The van der Waals surface area contributed by atoms with E-state index in [1.165, 1.54) is 0 Å². The van der Waals surface area contributed by atoms with E-state index < -0.39 is 11.8 Å². The summed E-state index contributed by atoms with van der Waals surface area (Å²) in [5.41, 5.74) is 4.41. The summed E-state index contributed by atoms with van der Waals surface area (Å²) < 4.78 is 11.9. The summed E-state index contributed by atoms with van der Waals surface area (Å²) in [7, 11) is 1.54. The Balaban J connectivity index is 1.84. The van der Waals surface area contributed by atoms with E-state index in [1.807, 2.05) is 13.8 Å². The van der Waals surface area contributed by atoms with Crippen molar-refractivity contribution in [1.29, 1.82) is 0 Å². The number of thioether (sulfide) groups is 1. The van der Waals surface area contributed by atoms with Crippen LogP contribution in [0.25, 0.3) is 6.08 Å². The highest BCUT2D eigenvalue weighted by Crippen LogP contribution is 2.37. The minimum Gasteiger partial charge on any atom is -0.493 e. The van der Waals surface area contributed by atoms with E-state index in [4.69, 9.17) is 33.3 Å². The molecular weight excluding hydrogens is 524 g/mol. The Morgan fingerprint density at radius 2 is 2.06 bits per heavy atom. The van der Waals surface area contributed by atoms with Crippen LogP contribution in [0.3, 0.4) is 0 Å². The third-order valence-corrected chi connectivity index (χ3v) is 6.55. The summed E-state index contributed by atoms with van der Waals surface area (Å²) in [5.74, 6) is 0.163. The van der Waals surface area contributed by atoms with Gasteiger partial charge in [0.05, 0.1) is 29.2 Å². The average molecular weight is 542 g/mol. The molecule has 0 bridgehead atoms. The maximum absolute atomic E-state index is 12.9. The molecule has 6 nitrogen and oxygen atoms in total. The highest BCUT2D eigenvalue weighted by atomic mass is 79.9. The molecule has 1 N–H and O–H groups in total. The highest BCUT2D eigenvalue weighted by Gasteiger charge is 2.34. The van der Waals surface area contributed by atoms with Gasteiger partial charge in [0.1, 0.15) is 0 Å². The predicted octanol–water partition coefficient (Wildman–Crippen LogP) is 5.36. The molecule has 162 valence electrons. The molecule has 0 aliphatic carbocycles. The van der Waals surface area contributed by atoms with E-state index in [0.29, 0.717) is 33.6 Å². The van der Waals surface area contributed by atoms with E-state index in [1.54, 1.807) is 43.5 Å². The molecule has 0 saturated carbocycles. The van der Waals surface area contributed by atoms with Crippen LogP contribution in [0.5, 0.6) is 11.5 Å². The molecule has 1 saturated heterocycles. The summed E-state index contributed by atoms with van der Waals surface area (Å²) in [6.07, 6.45) is 1.67. The first-order chi connectivity index (χ1) is 14.7. The minimum atomic E-state index is -0.522. The molecule has 3 rings (SSSR count). The van der Waals surface area contributed by atoms with Gasteiger partial charge in [0.25, 0.3) is 11.8 Å². The van der Waals surface area contributed by atoms with Crippen LogP contribution >= 0.6 is 51.5 Å². The number of hydrazine groups is 1. The van der Waals surface area contributed by atoms with Crippen LogP contribution in [0, 0.1) is 6.92 Å². The van der Waals surface area contributed by atoms with Crippen LogP contribution in [-0.4, -0.2) is 34.9 Å². The largest absolute Gasteiger partial charge is 0.493 e. The maximum atomic E-state index is 12.9. The number of amides is 2. The topological polar surface area (TPSA) is 67.9 Å². The second-order valence-electron chi connectivity index (χ2n) is 6.40. The monoisotopic (exact) mass is 540 g/mol. The Hall–Kier alpha value is -2.07. The molecule has 0 atom stereocenters. The van der Waals surface area contributed by atoms with E-state index >= 15 is 0 Å². The van der Waals surface area contributed by atoms with Crippen LogP contribution in [-0.2, 0) is 4.79 Å². The van der Waals surface area contributed by atoms with Crippen molar-refractivity contribution in [3.63, 3.8) is 0 Å². The Kier molecular flexibility index (Phi) is 7.64. The third kappa shape index (κ3) is 5.23. The number of carbonyl (C=O) groups excluding carboxylic acids is 2. The smallest absolute Gasteiger partial charge is 0.285 e. The number of methoxy groups -OCH3 is 1. The molecule has 2 aromatic rings. The van der Waals surface area contributed by atoms with Crippen LogP contribution in [0.1, 0.15) is 28.4 Å². The number of aryl methyl sites for hydroxylation is 1. The fraction of sp³-hybridized carbons (Fsp3) is 0.190. The number of hydrogen-bond donors (Lipinski definition) is 1. The normalized spacial score (nSPS) is 14.9. The fourth-order valence-electron chi connectivity index (χ4n) is 2.76. The lowest BCUT2D eigenvalue weighted by molar-refractivity contribution is -0.123. The van der Waals surface area contributed by atoms with Crippen LogP contribution in [0.2, 0.25) is 5.02 Å². The van der Waals surface area contributed by atoms with Gasteiger partial charge in [-0.05, 0) is 67.5 Å². The molecule has 0 unspecified atom stereocenters. The zero-order chi connectivity index (χ0) is 22.7. The second-order valence-corrected chi connectivity index (χ2v) is 9.34. The number of nitrogens with one attached hydrogen (secondary N) is 1. The van der Waals surface area contributed by atoms with Gasteiger partial charge in [-0.3, -0.25) is 15.0 Å². The molecule has 1 aliphatic heterocycles. The number of benzene rings is 2. The van der Waals surface area contributed by atoms with Crippen molar-refractivity contribution in [2.24, 2.45) is 0 Å². The minimum absolute atomic E-state index is 0.210. The van der Waals surface area contributed by atoms with Crippen molar-refractivity contribution in [3.8, 4) is 11.5 Å². The molecule has 1 heterocycles. The molecule has 1 fully saturated rings. The van der Waals surface area contributed by atoms with Crippen molar-refractivity contribution in [3.05, 3.63) is 61.4 Å². The SMILES string of the molecule is CCOc1cc(Br)c(/C=C2\SC(=S)N(NC(=O)c3ccc(C)cc3Cl)C2=O)cc1OC. The van der Waals surface area contributed by atoms with Gasteiger partial charge in [0.15, 0.2) is 15.8 Å². The molecule has 1 aliphatic rings. The van der Waals surface area contributed by atoms with Gasteiger partial charge in [-0.25, -0.2) is 0 Å². The third-order valence-electron chi connectivity index (χ3n) is 4.25. The first kappa shape index (κ1) is 23.6. The van der Waals surface area contributed by atoms with Crippen LogP contribution < -0.4 is 14.9 Å². The summed E-state index contributed by atoms with van der Waals surface area (Å²) in [5, 5.41) is 1.34. The second kappa shape index (κ2) is 10.0. The lowest BCUT2D eigenvalue weighted by atomic mass is 10.1. The van der Waals surface area contributed by atoms with Crippen molar-refractivity contribution < 1.29 is 19.1 Å². The van der Waals surface area contributed by atoms with Crippen molar-refractivity contribution in [1.82, 2.24) is 10.4 Å². The van der Waals surface area contributed by atoms with Crippen LogP contribution in [0.4, 0.5) is 0 Å². The van der Waals surface area contributed by atoms with Gasteiger partial charge in [-0.2, -0.15) is 5.01 Å². The Morgan fingerprint density at radius 1 is 1.32 bits per heavy atom. The van der Waals surface area contributed by atoms with Gasteiger partial charge >= 0.3 is 0 Å². The van der Waals surface area contributed by atoms with Gasteiger partial charge in [0.2, 0.25) is 0 Å². The summed E-state index contributed by atoms with van der Waals surface area (Å²) in [4.78, 5) is 25.9. The van der Waals surface area contributed by atoms with E-state index in [9.17, 15) is 9.59 Å². The quantitative estimate of drug-likeness (QED) is 0.392. The summed E-state index contributed by atoms with van der Waals surface area (Å²) >= 11 is 16.0. The lowest BCUT2D eigenvalue weighted by Crippen LogP contribution is -2.44. The van der Waals surface area contributed by atoms with Crippen molar-refractivity contribution in [2.45, 2.75) is 13.8 Å². The number of thiocarbonyl (C=S) groups is 1. The number of rotatable bonds is 6. The fourth-order valence-corrected chi connectivity index (χ4v) is 4.69. The van der Waals surface area contributed by atoms with Crippen molar-refractivity contribution in [2.75, 3.05) is 13.7 Å². The van der Waals surface area contributed by atoms with Gasteiger partial charge in [-0.15, -0.1) is 0 Å². The number of carbonyl (C=O) groups is 2. The van der Waals surface area contributed by atoms with Crippen LogP contribution in [0.15, 0.2) is 39.7 Å². The molecule has 0 aromatic heterocycles. The summed E-state index contributed by atoms with van der Waals surface area (Å²) in [6, 6.07) is 8.57. The first-order valence-electron chi connectivity index (χ1n) is 9.10. The molecular formula is C21H18BrClN2O4S2. The number of halogens is 2. The number of nitrogens with zero attached hydrogens (tertiary/aromatic N) is 1. The van der Waals surface area contributed by atoms with Gasteiger partial charge in [0, 0.05) is 4.47 Å². The maximum Gasteiger partial charge on any atom is 0.285 e. The zero-order valence-electron chi connectivity index (χ0n) is 16.8. The standard InChI is InChI=1S/C21H18BrClN2O4S2/c1-4-29-17-10-14(22)12(8-16(17)28-3)9-18-20(27)25(21(30)31-18)24-19(26)13-6-5-11(2)7-15(13)23/h5-10H,4H2,1-3H3,(H,24,26)/b18-9-. The Morgan fingerprint density at radius 3 is 2.71 bits per heavy atom. The van der Waals surface area contributed by atoms with Gasteiger partial charge < -0.3 is 9.47 Å². The number of hydrogen-bond acceptors (Lipinski definition) is 6. The molecule has 0 radical (unpaired) electrons. The molecule has 10 heteroatoms. The number of ether oxygens (including phenoxy) is 2. The Bertz CT molecular complexity index is 1110. The van der Waals surface area contributed by atoms with Gasteiger partial charge in [-0.1, -0.05) is 45.4 Å². The summed E-state index contributed by atoms with van der Waals surface area (Å²) in [6.45, 7) is 4.24. The van der Waals surface area contributed by atoms with Crippen molar-refractivity contribution >= 4 is 73.7 Å². The molecule has 2 amide bonds. The van der Waals surface area contributed by atoms with E-state index in [-0.39, 0.29) is 9.88 Å². The molecule has 31 heavy (non-hydrogen) atoms. The lowest BCUT2D eigenvalue weighted by Gasteiger charge is -2.16. The zero-order valence-corrected chi connectivity index (χ0v) is 20.8. The van der Waals surface area contributed by atoms with E-state index in [0.717, 1.165) is 26.8 Å². The Labute approximate surface area is 203 Å². The first-order valence-corrected chi connectivity index (χ1v) is 11.5. The molecule has 2 aromatic carbocycles. The molecule has 0 spiro atoms. The highest BCUT2D eigenvalue weighted by molar-refractivity contribution is 9.10. The average Bonchev–Trinajstić information content (AvgIpc) is 2.97. The van der Waals surface area contributed by atoms with E-state index in [2.05, 4.69) is 21.4 Å².